The molecule has 1 aromatic carbocycles. The van der Waals surface area contributed by atoms with Crippen molar-refractivity contribution >= 4 is 17.5 Å². The molecular formula is C21H25F3N4O4. The SMILES string of the molecule is COCCOCC(=O)N1CCN(c2ccc(C#N)c(C(F)(F)F)c2)CC1C(=O)NC1CC1. The van der Waals surface area contributed by atoms with Gasteiger partial charge in [-0.1, -0.05) is 0 Å². The van der Waals surface area contributed by atoms with E-state index in [9.17, 15) is 22.8 Å². The monoisotopic (exact) mass is 454 g/mol. The number of halogens is 3. The summed E-state index contributed by atoms with van der Waals surface area (Å²) < 4.78 is 50.3. The summed E-state index contributed by atoms with van der Waals surface area (Å²) in [7, 11) is 1.51. The summed E-state index contributed by atoms with van der Waals surface area (Å²) in [5.41, 5.74) is -1.25. The molecule has 1 heterocycles. The van der Waals surface area contributed by atoms with Gasteiger partial charge in [-0.3, -0.25) is 9.59 Å². The number of nitrogens with zero attached hydrogens (tertiary/aromatic N) is 3. The first kappa shape index (κ1) is 23.8. The number of carbonyl (C=O) groups is 2. The van der Waals surface area contributed by atoms with Crippen LogP contribution in [0, 0.1) is 11.3 Å². The van der Waals surface area contributed by atoms with E-state index in [4.69, 9.17) is 14.7 Å². The van der Waals surface area contributed by atoms with Gasteiger partial charge in [0.25, 0.3) is 0 Å². The third-order valence-corrected chi connectivity index (χ3v) is 5.38. The molecule has 1 aliphatic carbocycles. The number of carbonyl (C=O) groups excluding carboxylic acids is 2. The number of ether oxygens (including phenoxy) is 2. The molecule has 1 atom stereocenters. The smallest absolute Gasteiger partial charge is 0.382 e. The lowest BCUT2D eigenvalue weighted by atomic mass is 10.0. The number of amides is 2. The Labute approximate surface area is 183 Å². The molecule has 1 N–H and O–H groups in total. The highest BCUT2D eigenvalue weighted by molar-refractivity contribution is 5.89. The first-order valence-electron chi connectivity index (χ1n) is 10.3. The van der Waals surface area contributed by atoms with E-state index in [1.165, 1.54) is 18.1 Å². The zero-order chi connectivity index (χ0) is 23.3. The molecule has 0 aromatic heterocycles. The van der Waals surface area contributed by atoms with Crippen molar-refractivity contribution in [1.82, 2.24) is 10.2 Å². The number of alkyl halides is 3. The van der Waals surface area contributed by atoms with Crippen LogP contribution in [-0.4, -0.2) is 75.4 Å². The van der Waals surface area contributed by atoms with Crippen LogP contribution in [0.5, 0.6) is 0 Å². The number of hydrogen-bond acceptors (Lipinski definition) is 6. The molecule has 1 saturated heterocycles. The topological polar surface area (TPSA) is 94.9 Å². The predicted molar refractivity (Wildman–Crippen MR) is 108 cm³/mol. The maximum Gasteiger partial charge on any atom is 0.417 e. The molecule has 1 saturated carbocycles. The molecule has 1 unspecified atom stereocenters. The average Bonchev–Trinajstić information content (AvgIpc) is 3.59. The minimum atomic E-state index is -4.68. The number of hydrogen-bond donors (Lipinski definition) is 1. The minimum absolute atomic E-state index is 0.0333. The molecule has 3 rings (SSSR count). The van der Waals surface area contributed by atoms with Crippen molar-refractivity contribution in [2.45, 2.75) is 31.1 Å². The second kappa shape index (κ2) is 10.2. The molecular weight excluding hydrogens is 429 g/mol. The Kier molecular flexibility index (Phi) is 7.58. The molecule has 2 amide bonds. The molecule has 0 bridgehead atoms. The Morgan fingerprint density at radius 1 is 1.25 bits per heavy atom. The largest absolute Gasteiger partial charge is 0.417 e. The van der Waals surface area contributed by atoms with Gasteiger partial charge in [0, 0.05) is 38.5 Å². The lowest BCUT2D eigenvalue weighted by Gasteiger charge is -2.41. The van der Waals surface area contributed by atoms with Gasteiger partial charge in [0.2, 0.25) is 11.8 Å². The summed E-state index contributed by atoms with van der Waals surface area (Å²) >= 11 is 0. The maximum absolute atomic E-state index is 13.4. The fourth-order valence-corrected chi connectivity index (χ4v) is 3.51. The fourth-order valence-electron chi connectivity index (χ4n) is 3.51. The summed E-state index contributed by atoms with van der Waals surface area (Å²) in [4.78, 5) is 28.5. The second-order valence-corrected chi connectivity index (χ2v) is 7.72. The van der Waals surface area contributed by atoms with E-state index in [1.807, 2.05) is 0 Å². The molecule has 2 fully saturated rings. The van der Waals surface area contributed by atoms with Crippen LogP contribution in [0.2, 0.25) is 0 Å². The highest BCUT2D eigenvalue weighted by Crippen LogP contribution is 2.35. The summed E-state index contributed by atoms with van der Waals surface area (Å²) in [6.07, 6.45) is -2.96. The number of nitrogens with one attached hydrogen (secondary N) is 1. The molecule has 1 aromatic rings. The third kappa shape index (κ3) is 5.89. The lowest BCUT2D eigenvalue weighted by Crippen LogP contribution is -2.61. The Bertz CT molecular complexity index is 883. The van der Waals surface area contributed by atoms with Crippen molar-refractivity contribution in [3.63, 3.8) is 0 Å². The summed E-state index contributed by atoms with van der Waals surface area (Å²) in [5, 5.41) is 11.9. The Hall–Kier alpha value is -2.84. The van der Waals surface area contributed by atoms with Gasteiger partial charge < -0.3 is 24.6 Å². The summed E-state index contributed by atoms with van der Waals surface area (Å²) in [6, 6.07) is 4.23. The Morgan fingerprint density at radius 3 is 2.62 bits per heavy atom. The van der Waals surface area contributed by atoms with Crippen LogP contribution < -0.4 is 10.2 Å². The molecule has 0 radical (unpaired) electrons. The Morgan fingerprint density at radius 2 is 2.00 bits per heavy atom. The second-order valence-electron chi connectivity index (χ2n) is 7.72. The quantitative estimate of drug-likeness (QED) is 0.599. The number of methoxy groups -OCH3 is 1. The molecule has 11 heteroatoms. The van der Waals surface area contributed by atoms with E-state index in [-0.39, 0.29) is 56.4 Å². The number of nitriles is 1. The van der Waals surface area contributed by atoms with E-state index in [0.29, 0.717) is 6.61 Å². The van der Waals surface area contributed by atoms with Crippen LogP contribution >= 0.6 is 0 Å². The number of benzene rings is 1. The zero-order valence-electron chi connectivity index (χ0n) is 17.7. The van der Waals surface area contributed by atoms with Crippen LogP contribution in [-0.2, 0) is 25.2 Å². The summed E-state index contributed by atoms with van der Waals surface area (Å²) in [6.45, 7) is 0.757. The fraction of sp³-hybridized carbons (Fsp3) is 0.571. The van der Waals surface area contributed by atoms with Crippen LogP contribution in [0.1, 0.15) is 24.0 Å². The van der Waals surface area contributed by atoms with E-state index >= 15 is 0 Å². The third-order valence-electron chi connectivity index (χ3n) is 5.38. The molecule has 0 spiro atoms. The molecule has 1 aliphatic heterocycles. The maximum atomic E-state index is 13.4. The van der Waals surface area contributed by atoms with Crippen molar-refractivity contribution in [2.75, 3.05) is 51.5 Å². The van der Waals surface area contributed by atoms with Gasteiger partial charge in [0.15, 0.2) is 0 Å². The van der Waals surface area contributed by atoms with E-state index in [2.05, 4.69) is 5.32 Å². The highest BCUT2D eigenvalue weighted by atomic mass is 19.4. The molecule has 8 nitrogen and oxygen atoms in total. The predicted octanol–water partition coefficient (Wildman–Crippen LogP) is 1.54. The lowest BCUT2D eigenvalue weighted by molar-refractivity contribution is -0.145. The average molecular weight is 454 g/mol. The van der Waals surface area contributed by atoms with E-state index in [0.717, 1.165) is 25.0 Å². The highest BCUT2D eigenvalue weighted by Gasteiger charge is 2.39. The first-order valence-corrected chi connectivity index (χ1v) is 10.3. The van der Waals surface area contributed by atoms with Crippen LogP contribution in [0.25, 0.3) is 0 Å². The molecule has 2 aliphatic rings. The first-order chi connectivity index (χ1) is 15.2. The van der Waals surface area contributed by atoms with Gasteiger partial charge in [-0.15, -0.1) is 0 Å². The standard InChI is InChI=1S/C21H25F3N4O4/c1-31-8-9-32-13-19(29)28-7-6-27(12-18(28)20(30)26-15-3-4-15)16-5-2-14(11-25)17(10-16)21(22,23)24/h2,5,10,15,18H,3-4,6-9,12-13H2,1H3,(H,26,30). The van der Waals surface area contributed by atoms with Crippen molar-refractivity contribution in [2.24, 2.45) is 0 Å². The van der Waals surface area contributed by atoms with Crippen molar-refractivity contribution in [3.05, 3.63) is 29.3 Å². The van der Waals surface area contributed by atoms with Gasteiger partial charge in [0.1, 0.15) is 12.6 Å². The van der Waals surface area contributed by atoms with E-state index in [1.54, 1.807) is 11.0 Å². The Balaban J connectivity index is 1.77. The normalized spacial score (nSPS) is 18.9. The molecule has 174 valence electrons. The van der Waals surface area contributed by atoms with Crippen molar-refractivity contribution < 1.29 is 32.2 Å². The summed E-state index contributed by atoms with van der Waals surface area (Å²) in [5.74, 6) is -0.709. The van der Waals surface area contributed by atoms with Gasteiger partial charge >= 0.3 is 6.18 Å². The van der Waals surface area contributed by atoms with Crippen molar-refractivity contribution in [3.8, 4) is 6.07 Å². The van der Waals surface area contributed by atoms with Gasteiger partial charge in [-0.25, -0.2) is 0 Å². The van der Waals surface area contributed by atoms with Crippen LogP contribution in [0.3, 0.4) is 0 Å². The van der Waals surface area contributed by atoms with Gasteiger partial charge in [0.05, 0.1) is 30.4 Å². The van der Waals surface area contributed by atoms with Gasteiger partial charge in [-0.05, 0) is 31.0 Å². The minimum Gasteiger partial charge on any atom is -0.382 e. The van der Waals surface area contributed by atoms with Gasteiger partial charge in [-0.2, -0.15) is 18.4 Å². The number of anilines is 1. The zero-order valence-corrected chi connectivity index (χ0v) is 17.7. The van der Waals surface area contributed by atoms with Crippen molar-refractivity contribution in [1.29, 1.82) is 5.26 Å². The van der Waals surface area contributed by atoms with E-state index < -0.39 is 23.3 Å². The number of piperazine rings is 1. The molecule has 32 heavy (non-hydrogen) atoms. The van der Waals surface area contributed by atoms with Crippen LogP contribution in [0.4, 0.5) is 18.9 Å². The number of rotatable bonds is 8. The van der Waals surface area contributed by atoms with Crippen LogP contribution in [0.15, 0.2) is 18.2 Å².